The lowest BCUT2D eigenvalue weighted by Crippen LogP contribution is -2.67. The Morgan fingerprint density at radius 1 is 1.27 bits per heavy atom. The summed E-state index contributed by atoms with van der Waals surface area (Å²) in [6, 6.07) is -0.305. The van der Waals surface area contributed by atoms with Crippen LogP contribution in [-0.2, 0) is 9.59 Å². The minimum absolute atomic E-state index is 0.0371. The molecule has 0 aromatic carbocycles. The molecule has 6 rings (SSSR count). The summed E-state index contributed by atoms with van der Waals surface area (Å²) in [6.45, 7) is 13.7. The number of carboxylic acid groups (broad SMARTS) is 1. The van der Waals surface area contributed by atoms with Crippen LogP contribution in [0.25, 0.3) is 0 Å². The molecule has 4 atom stereocenters. The van der Waals surface area contributed by atoms with Crippen LogP contribution in [-0.4, -0.2) is 117 Å². The van der Waals surface area contributed by atoms with Crippen molar-refractivity contribution in [2.24, 2.45) is 11.8 Å². The Morgan fingerprint density at radius 2 is 1.94 bits per heavy atom. The monoisotopic (exact) mass is 493 g/mol. The number of carbonyl (C=O) groups is 2. The van der Waals surface area contributed by atoms with Crippen molar-refractivity contribution in [3.63, 3.8) is 0 Å². The summed E-state index contributed by atoms with van der Waals surface area (Å²) < 4.78 is 1.89. The fourth-order valence-corrected chi connectivity index (χ4v) is 7.76. The van der Waals surface area contributed by atoms with Crippen molar-refractivity contribution in [3.05, 3.63) is 22.3 Å². The predicted molar refractivity (Wildman–Crippen MR) is 130 cm³/mol. The number of amides is 1. The van der Waals surface area contributed by atoms with Crippen LogP contribution in [0, 0.1) is 11.8 Å². The average molecular weight is 494 g/mol. The fraction of sp³-hybridized carbons (Fsp3) is 0.696. The topological polar surface area (TPSA) is 84.3 Å². The van der Waals surface area contributed by atoms with Gasteiger partial charge in [-0.05, 0) is 18.9 Å². The molecule has 0 aromatic heterocycles. The van der Waals surface area contributed by atoms with Crippen LogP contribution in [0.2, 0.25) is 0 Å². The normalized spacial score (nSPS) is 36.5. The van der Waals surface area contributed by atoms with Crippen LogP contribution in [0.15, 0.2) is 22.3 Å². The number of aliphatic hydroxyl groups excluding tert-OH is 1. The number of hydrogen-bond donors (Lipinski definition) is 2. The van der Waals surface area contributed by atoms with E-state index in [-0.39, 0.29) is 23.6 Å². The number of aliphatic hydroxyl groups is 1. The molecule has 4 fully saturated rings. The Kier molecular flexibility index (Phi) is 6.10. The van der Waals surface area contributed by atoms with E-state index in [2.05, 4.69) is 15.9 Å². The van der Waals surface area contributed by atoms with Crippen molar-refractivity contribution < 1.29 is 24.3 Å². The van der Waals surface area contributed by atoms with Gasteiger partial charge in [0.2, 0.25) is 5.91 Å². The maximum atomic E-state index is 12.5. The first-order valence-electron chi connectivity index (χ1n) is 11.9. The van der Waals surface area contributed by atoms with Gasteiger partial charge in [-0.1, -0.05) is 37.0 Å². The molecule has 6 heterocycles. The molecule has 0 radical (unpaired) electrons. The third-order valence-corrected chi connectivity index (χ3v) is 10.0. The summed E-state index contributed by atoms with van der Waals surface area (Å²) >= 11 is 7.04. The predicted octanol–water partition coefficient (Wildman–Crippen LogP) is 0.936. The number of aliphatic carboxylic acids is 1. The zero-order valence-corrected chi connectivity index (χ0v) is 20.9. The van der Waals surface area contributed by atoms with Gasteiger partial charge < -0.3 is 24.5 Å². The van der Waals surface area contributed by atoms with E-state index >= 15 is 0 Å². The number of β-lactam (4-membered cyclic amide) rings is 1. The highest BCUT2D eigenvalue weighted by molar-refractivity contribution is 8.25. The van der Waals surface area contributed by atoms with Crippen molar-refractivity contribution in [2.45, 2.75) is 32.4 Å². The van der Waals surface area contributed by atoms with Crippen LogP contribution >= 0.6 is 24.0 Å². The van der Waals surface area contributed by atoms with Gasteiger partial charge in [-0.15, -0.1) is 0 Å². The number of carbonyl (C=O) groups excluding carboxylic acids is 1. The lowest BCUT2D eigenvalue weighted by Gasteiger charge is -2.51. The maximum absolute atomic E-state index is 12.5. The van der Waals surface area contributed by atoms with E-state index in [1.165, 1.54) is 66.0 Å². The van der Waals surface area contributed by atoms with E-state index in [0.29, 0.717) is 9.23 Å². The number of thiocarbonyl (C=S) groups is 1. The van der Waals surface area contributed by atoms with Gasteiger partial charge in [-0.2, -0.15) is 0 Å². The van der Waals surface area contributed by atoms with Crippen LogP contribution in [0.3, 0.4) is 0 Å². The molecule has 0 unspecified atom stereocenters. The molecule has 6 aliphatic rings. The first-order valence-corrected chi connectivity index (χ1v) is 13.1. The first kappa shape index (κ1) is 23.3. The maximum Gasteiger partial charge on any atom is 0.353 e. The minimum Gasteiger partial charge on any atom is -0.477 e. The molecule has 33 heavy (non-hydrogen) atoms. The standard InChI is InChI=1S/C23H32N4O4S2/c1-14-18-17(15(2)28)21(29)26(18)19(22(30)31)20(14)33-23(32)25-5-3-16(4-6-25)13-27-10-7-24(8-11-27)9-12-27/h3,14-15,17-18,28H,4-13H2,1-2H3/p+1/t14-,15-,17-,18-/m1/s1. The molecule has 180 valence electrons. The van der Waals surface area contributed by atoms with E-state index < -0.39 is 18.0 Å². The number of carboxylic acids is 1. The first-order chi connectivity index (χ1) is 15.7. The molecule has 0 aliphatic carbocycles. The SMILES string of the molecule is C[C@@H](O)[C@H]1C(=O)N2C(C(=O)O)=C(SC(=S)N3CC=C(C[N+]45CCN(CC4)CC5)CC3)[C@H](C)[C@H]12. The van der Waals surface area contributed by atoms with E-state index in [1.54, 1.807) is 6.92 Å². The number of quaternary nitrogens is 1. The average Bonchev–Trinajstić information content (AvgIpc) is 3.03. The zero-order valence-electron chi connectivity index (χ0n) is 19.3. The summed E-state index contributed by atoms with van der Waals surface area (Å²) in [5.74, 6) is -2.13. The number of rotatable bonds is 5. The van der Waals surface area contributed by atoms with Gasteiger partial charge in [0.1, 0.15) is 16.6 Å². The second-order valence-corrected chi connectivity index (χ2v) is 11.9. The molecule has 6 aliphatic heterocycles. The van der Waals surface area contributed by atoms with Crippen molar-refractivity contribution in [3.8, 4) is 0 Å². The molecule has 0 spiro atoms. The summed E-state index contributed by atoms with van der Waals surface area (Å²) in [6.07, 6.45) is 2.50. The van der Waals surface area contributed by atoms with Crippen molar-refractivity contribution in [2.75, 3.05) is 58.9 Å². The smallest absolute Gasteiger partial charge is 0.353 e. The van der Waals surface area contributed by atoms with Gasteiger partial charge in [-0.3, -0.25) is 9.69 Å². The molecule has 2 N–H and O–H groups in total. The van der Waals surface area contributed by atoms with E-state index in [1.807, 2.05) is 6.92 Å². The van der Waals surface area contributed by atoms with E-state index in [0.717, 1.165) is 26.1 Å². The van der Waals surface area contributed by atoms with Gasteiger partial charge in [0.15, 0.2) is 0 Å². The fourth-order valence-electron chi connectivity index (χ4n) is 6.24. The van der Waals surface area contributed by atoms with Crippen LogP contribution in [0.4, 0.5) is 0 Å². The summed E-state index contributed by atoms with van der Waals surface area (Å²) in [5.41, 5.74) is 1.55. The van der Waals surface area contributed by atoms with Gasteiger partial charge in [0.25, 0.3) is 0 Å². The Bertz CT molecular complexity index is 927. The van der Waals surface area contributed by atoms with Crippen molar-refractivity contribution >= 4 is 40.2 Å². The van der Waals surface area contributed by atoms with Gasteiger partial charge in [0, 0.05) is 43.5 Å². The molecule has 8 nitrogen and oxygen atoms in total. The Balaban J connectivity index is 1.25. The Hall–Kier alpha value is -1.46. The van der Waals surface area contributed by atoms with Crippen LogP contribution < -0.4 is 0 Å². The summed E-state index contributed by atoms with van der Waals surface area (Å²) in [7, 11) is 0. The third-order valence-electron chi connectivity index (χ3n) is 8.28. The highest BCUT2D eigenvalue weighted by Gasteiger charge is 2.60. The minimum atomic E-state index is -1.11. The molecule has 0 aromatic rings. The molecule has 1 amide bonds. The van der Waals surface area contributed by atoms with Crippen LogP contribution in [0.1, 0.15) is 20.3 Å². The number of fused-ring (bicyclic) bond motifs is 4. The van der Waals surface area contributed by atoms with E-state index in [4.69, 9.17) is 12.2 Å². The van der Waals surface area contributed by atoms with Crippen molar-refractivity contribution in [1.82, 2.24) is 14.7 Å². The number of nitrogens with zero attached hydrogens (tertiary/aromatic N) is 4. The number of thioether (sulfide) groups is 1. The number of hydrogen-bond acceptors (Lipinski definition) is 6. The molecular weight excluding hydrogens is 460 g/mol. The Morgan fingerprint density at radius 3 is 2.48 bits per heavy atom. The van der Waals surface area contributed by atoms with Gasteiger partial charge in [-0.25, -0.2) is 4.79 Å². The van der Waals surface area contributed by atoms with Crippen LogP contribution in [0.5, 0.6) is 0 Å². The molecular formula is C23H33N4O4S2+. The quantitative estimate of drug-likeness (QED) is 0.253. The third kappa shape index (κ3) is 3.93. The number of piperazine rings is 3. The summed E-state index contributed by atoms with van der Waals surface area (Å²) in [4.78, 5) is 31.3. The van der Waals surface area contributed by atoms with Gasteiger partial charge in [0.05, 0.1) is 37.7 Å². The molecule has 2 bridgehead atoms. The second kappa shape index (κ2) is 8.64. The zero-order chi connectivity index (χ0) is 23.5. The molecule has 0 saturated carbocycles. The second-order valence-electron chi connectivity index (χ2n) is 10.2. The molecule has 4 saturated heterocycles. The largest absolute Gasteiger partial charge is 0.477 e. The highest BCUT2D eigenvalue weighted by atomic mass is 32.2. The highest BCUT2D eigenvalue weighted by Crippen LogP contribution is 2.51. The van der Waals surface area contributed by atoms with E-state index in [9.17, 15) is 19.8 Å². The lowest BCUT2D eigenvalue weighted by atomic mass is 9.79. The lowest BCUT2D eigenvalue weighted by molar-refractivity contribution is -0.936. The van der Waals surface area contributed by atoms with Crippen molar-refractivity contribution in [1.29, 1.82) is 0 Å². The Labute approximate surface area is 204 Å². The summed E-state index contributed by atoms with van der Waals surface area (Å²) in [5, 5.41) is 19.9. The van der Waals surface area contributed by atoms with Gasteiger partial charge >= 0.3 is 5.97 Å². The molecule has 10 heteroatoms.